The third kappa shape index (κ3) is 6.44. The molecule has 0 amide bonds. The minimum absolute atomic E-state index is 0.0940. The van der Waals surface area contributed by atoms with Gasteiger partial charge in [-0.1, -0.05) is 71.3 Å². The molecule has 3 aliphatic rings. The second kappa shape index (κ2) is 10.8. The molecule has 174 valence electrons. The molecule has 3 fully saturated rings. The number of thiocarbonyl (C=S) groups is 1. The normalized spacial score (nSPS) is 25.5. The number of nitrogens with two attached hydrogens (primary N) is 1. The van der Waals surface area contributed by atoms with Crippen molar-refractivity contribution in [3.8, 4) is 0 Å². The van der Waals surface area contributed by atoms with Crippen LogP contribution in [0.4, 0.5) is 0 Å². The molecule has 0 saturated heterocycles. The van der Waals surface area contributed by atoms with Crippen LogP contribution in [0.1, 0.15) is 86.5 Å². The summed E-state index contributed by atoms with van der Waals surface area (Å²) in [6.45, 7) is 29.6. The van der Waals surface area contributed by atoms with Crippen molar-refractivity contribution in [1.82, 2.24) is 5.32 Å². The Labute approximate surface area is 197 Å². The number of nitrogens with one attached hydrogen (secondary N) is 1. The minimum Gasteiger partial charge on any atom is -0.399 e. The first-order chi connectivity index (χ1) is 14.3. The molecular formula is C28H46N2S. The number of hydrogen-bond donors (Lipinski definition) is 2. The summed E-state index contributed by atoms with van der Waals surface area (Å²) < 4.78 is 0. The predicted molar refractivity (Wildman–Crippen MR) is 143 cm³/mol. The van der Waals surface area contributed by atoms with E-state index >= 15 is 0 Å². The average molecular weight is 443 g/mol. The molecule has 0 atom stereocenters. The fraction of sp³-hybridized carbons (Fsp3) is 0.607. The van der Waals surface area contributed by atoms with Gasteiger partial charge in [0.1, 0.15) is 4.99 Å². The zero-order valence-electron chi connectivity index (χ0n) is 21.0. The highest BCUT2D eigenvalue weighted by Gasteiger charge is 2.49. The monoisotopic (exact) mass is 442 g/mol. The topological polar surface area (TPSA) is 38.0 Å². The molecule has 0 aromatic carbocycles. The maximum atomic E-state index is 5.99. The van der Waals surface area contributed by atoms with Gasteiger partial charge in [-0.15, -0.1) is 6.58 Å². The second-order valence-corrected chi connectivity index (χ2v) is 11.0. The largest absolute Gasteiger partial charge is 0.399 e. The van der Waals surface area contributed by atoms with E-state index in [0.717, 1.165) is 34.7 Å². The lowest BCUT2D eigenvalue weighted by Gasteiger charge is -2.54. The van der Waals surface area contributed by atoms with Crippen LogP contribution in [0.5, 0.6) is 0 Å². The first-order valence-electron chi connectivity index (χ1n) is 11.7. The fourth-order valence-electron chi connectivity index (χ4n) is 5.32. The third-order valence-electron chi connectivity index (χ3n) is 7.38. The molecule has 0 heterocycles. The van der Waals surface area contributed by atoms with Gasteiger partial charge in [0.25, 0.3) is 0 Å². The van der Waals surface area contributed by atoms with E-state index in [1.54, 1.807) is 6.08 Å². The Morgan fingerprint density at radius 3 is 1.87 bits per heavy atom. The average Bonchev–Trinajstić information content (AvgIpc) is 2.72. The fourth-order valence-corrected chi connectivity index (χ4v) is 5.50. The number of fused-ring (bicyclic) bond motifs is 3. The van der Waals surface area contributed by atoms with E-state index in [9.17, 15) is 0 Å². The van der Waals surface area contributed by atoms with Crippen LogP contribution < -0.4 is 11.1 Å². The van der Waals surface area contributed by atoms with Crippen molar-refractivity contribution in [3.63, 3.8) is 0 Å². The Kier molecular flexibility index (Phi) is 9.56. The molecule has 2 nitrogen and oxygen atoms in total. The van der Waals surface area contributed by atoms with E-state index in [-0.39, 0.29) is 5.41 Å². The summed E-state index contributed by atoms with van der Waals surface area (Å²) in [5.41, 5.74) is 11.7. The smallest absolute Gasteiger partial charge is 0.106 e. The van der Waals surface area contributed by atoms with Crippen molar-refractivity contribution in [2.24, 2.45) is 22.0 Å². The number of allylic oxidation sites excluding steroid dienone is 3. The summed E-state index contributed by atoms with van der Waals surface area (Å²) in [6, 6.07) is 0. The maximum Gasteiger partial charge on any atom is 0.106 e. The summed E-state index contributed by atoms with van der Waals surface area (Å²) in [7, 11) is 0. The SMILES string of the molecule is C=C(N)/C(C)=C(/C(=C)C(=S)NCC12CCC(C(=C)CC)(CC1)CC2)C(C)(C)C.C=CC. The molecular weight excluding hydrogens is 396 g/mol. The van der Waals surface area contributed by atoms with Gasteiger partial charge < -0.3 is 11.1 Å². The summed E-state index contributed by atoms with van der Waals surface area (Å²) >= 11 is 5.76. The van der Waals surface area contributed by atoms with Crippen LogP contribution in [-0.4, -0.2) is 11.5 Å². The molecule has 2 bridgehead atoms. The number of rotatable bonds is 7. The van der Waals surface area contributed by atoms with Crippen LogP contribution in [-0.2, 0) is 0 Å². The molecule has 0 radical (unpaired) electrons. The van der Waals surface area contributed by atoms with E-state index in [1.165, 1.54) is 44.1 Å². The van der Waals surface area contributed by atoms with Crippen molar-refractivity contribution in [2.45, 2.75) is 86.5 Å². The van der Waals surface area contributed by atoms with Gasteiger partial charge in [-0.3, -0.25) is 0 Å². The molecule has 3 heteroatoms. The van der Waals surface area contributed by atoms with Crippen molar-refractivity contribution >= 4 is 17.2 Å². The van der Waals surface area contributed by atoms with E-state index in [2.05, 4.69) is 59.3 Å². The standard InChI is InChI=1S/C25H40N2S.C3H6/c1-9-17(2)25-13-10-24(11-14-25,12-15-25)16-27-22(28)19(4)21(23(6,7)8)18(3)20(5)26;1-3-2/h2,4-5,9-16,26H2,1,3,6-8H3,(H,27,28);3H,1H2,2H3/b21-18-;. The van der Waals surface area contributed by atoms with Crippen LogP contribution in [0.3, 0.4) is 0 Å². The van der Waals surface area contributed by atoms with Gasteiger partial charge in [0, 0.05) is 17.8 Å². The summed E-state index contributed by atoms with van der Waals surface area (Å²) in [5, 5.41) is 3.58. The Morgan fingerprint density at radius 1 is 1.06 bits per heavy atom. The van der Waals surface area contributed by atoms with Crippen molar-refractivity contribution < 1.29 is 0 Å². The zero-order valence-corrected chi connectivity index (χ0v) is 21.9. The highest BCUT2D eigenvalue weighted by Crippen LogP contribution is 2.59. The molecule has 3 rings (SSSR count). The van der Waals surface area contributed by atoms with Crippen molar-refractivity contribution in [1.29, 1.82) is 0 Å². The molecule has 0 spiro atoms. The first kappa shape index (κ1) is 27.4. The Hall–Kier alpha value is -1.61. The lowest BCUT2D eigenvalue weighted by atomic mass is 9.51. The van der Waals surface area contributed by atoms with Crippen molar-refractivity contribution in [2.75, 3.05) is 6.54 Å². The van der Waals surface area contributed by atoms with Crippen LogP contribution in [0.2, 0.25) is 0 Å². The Morgan fingerprint density at radius 2 is 1.52 bits per heavy atom. The van der Waals surface area contributed by atoms with Gasteiger partial charge >= 0.3 is 0 Å². The Bertz CT molecular complexity index is 736. The quantitative estimate of drug-likeness (QED) is 0.183. The minimum atomic E-state index is -0.0940. The molecule has 3 N–H and O–H groups in total. The van der Waals surface area contributed by atoms with Crippen LogP contribution in [0.25, 0.3) is 0 Å². The van der Waals surface area contributed by atoms with Crippen LogP contribution >= 0.6 is 12.2 Å². The second-order valence-electron chi connectivity index (χ2n) is 10.6. The van der Waals surface area contributed by atoms with Gasteiger partial charge in [0.2, 0.25) is 0 Å². The van der Waals surface area contributed by atoms with Gasteiger partial charge in [0.15, 0.2) is 0 Å². The molecule has 3 aliphatic carbocycles. The van der Waals surface area contributed by atoms with Crippen molar-refractivity contribution in [3.05, 3.63) is 60.4 Å². The van der Waals surface area contributed by atoms with Crippen LogP contribution in [0.15, 0.2) is 60.4 Å². The van der Waals surface area contributed by atoms with Gasteiger partial charge in [0.05, 0.1) is 0 Å². The molecule has 0 aromatic heterocycles. The number of hydrogen-bond acceptors (Lipinski definition) is 2. The van der Waals surface area contributed by atoms with E-state index in [1.807, 2.05) is 13.8 Å². The Balaban J connectivity index is 0.00000151. The van der Waals surface area contributed by atoms with E-state index in [4.69, 9.17) is 18.0 Å². The highest BCUT2D eigenvalue weighted by atomic mass is 32.1. The van der Waals surface area contributed by atoms with Gasteiger partial charge in [-0.2, -0.15) is 0 Å². The zero-order chi connectivity index (χ0) is 24.0. The lowest BCUT2D eigenvalue weighted by Crippen LogP contribution is -2.48. The van der Waals surface area contributed by atoms with E-state index in [0.29, 0.717) is 16.5 Å². The molecule has 31 heavy (non-hydrogen) atoms. The maximum absolute atomic E-state index is 5.99. The van der Waals surface area contributed by atoms with Crippen LogP contribution in [0, 0.1) is 16.2 Å². The summed E-state index contributed by atoms with van der Waals surface area (Å²) in [4.78, 5) is 0.750. The molecule has 0 aromatic rings. The van der Waals surface area contributed by atoms with Gasteiger partial charge in [-0.25, -0.2) is 0 Å². The third-order valence-corrected chi connectivity index (χ3v) is 7.78. The first-order valence-corrected chi connectivity index (χ1v) is 12.1. The van der Waals surface area contributed by atoms with Gasteiger partial charge in [-0.05, 0) is 86.2 Å². The molecule has 0 unspecified atom stereocenters. The summed E-state index contributed by atoms with van der Waals surface area (Å²) in [5.74, 6) is 0. The predicted octanol–water partition coefficient (Wildman–Crippen LogP) is 7.79. The molecule has 0 aliphatic heterocycles. The lowest BCUT2D eigenvalue weighted by molar-refractivity contribution is 0.0168. The summed E-state index contributed by atoms with van der Waals surface area (Å²) in [6.07, 6.45) is 10.5. The van der Waals surface area contributed by atoms with E-state index < -0.39 is 0 Å². The highest BCUT2D eigenvalue weighted by molar-refractivity contribution is 7.80. The molecule has 3 saturated carbocycles.